The van der Waals surface area contributed by atoms with Crippen LogP contribution in [0.4, 0.5) is 0 Å². The second-order valence-electron chi connectivity index (χ2n) is 5.08. The monoisotopic (exact) mass is 299 g/mol. The predicted octanol–water partition coefficient (Wildman–Crippen LogP) is 3.27. The lowest BCUT2D eigenvalue weighted by Gasteiger charge is -2.09. The molecule has 0 unspecified atom stereocenters. The highest BCUT2D eigenvalue weighted by atomic mass is 35.5. The molecule has 3 aromatic rings. The molecule has 0 aliphatic carbocycles. The summed E-state index contributed by atoms with van der Waals surface area (Å²) in [6.07, 6.45) is 0. The zero-order valence-electron chi connectivity index (χ0n) is 12.0. The van der Waals surface area contributed by atoms with Gasteiger partial charge in [0.1, 0.15) is 16.5 Å². The zero-order valence-corrected chi connectivity index (χ0v) is 12.8. The molecule has 0 atom stereocenters. The Labute approximate surface area is 127 Å². The Hall–Kier alpha value is -2.20. The van der Waals surface area contributed by atoms with Gasteiger partial charge >= 0.3 is 0 Å². The molecule has 2 heterocycles. The van der Waals surface area contributed by atoms with E-state index in [1.54, 1.807) is 20.0 Å². The number of hydrogen-bond acceptors (Lipinski definition) is 3. The van der Waals surface area contributed by atoms with Gasteiger partial charge in [0.25, 0.3) is 5.56 Å². The van der Waals surface area contributed by atoms with Gasteiger partial charge < -0.3 is 0 Å². The summed E-state index contributed by atoms with van der Waals surface area (Å²) < 4.78 is 1.51. The summed E-state index contributed by atoms with van der Waals surface area (Å²) in [5.74, 6) is 0.644. The molecule has 2 aromatic heterocycles. The second-order valence-corrected chi connectivity index (χ2v) is 5.47. The minimum absolute atomic E-state index is 0.116. The van der Waals surface area contributed by atoms with Crippen LogP contribution in [0.25, 0.3) is 22.2 Å². The van der Waals surface area contributed by atoms with Gasteiger partial charge in [-0.3, -0.25) is 9.36 Å². The molecule has 0 fully saturated rings. The van der Waals surface area contributed by atoms with Crippen molar-refractivity contribution in [1.82, 2.24) is 14.5 Å². The lowest BCUT2D eigenvalue weighted by Crippen LogP contribution is -2.21. The lowest BCUT2D eigenvalue weighted by atomic mass is 10.1. The summed E-state index contributed by atoms with van der Waals surface area (Å²) in [7, 11) is 1.70. The van der Waals surface area contributed by atoms with E-state index in [9.17, 15) is 4.79 Å². The molecule has 3 rings (SSSR count). The molecule has 21 heavy (non-hydrogen) atoms. The van der Waals surface area contributed by atoms with Crippen LogP contribution in [0, 0.1) is 13.8 Å². The Morgan fingerprint density at radius 1 is 1.10 bits per heavy atom. The third kappa shape index (κ3) is 2.32. The van der Waals surface area contributed by atoms with Gasteiger partial charge in [0.2, 0.25) is 0 Å². The molecule has 4 nitrogen and oxygen atoms in total. The van der Waals surface area contributed by atoms with E-state index in [4.69, 9.17) is 11.6 Å². The van der Waals surface area contributed by atoms with Gasteiger partial charge in [-0.15, -0.1) is 0 Å². The van der Waals surface area contributed by atoms with Gasteiger partial charge in [-0.2, -0.15) is 0 Å². The van der Waals surface area contributed by atoms with Crippen LogP contribution < -0.4 is 5.56 Å². The molecule has 0 saturated heterocycles. The fraction of sp³-hybridized carbons (Fsp3) is 0.188. The number of fused-ring (bicyclic) bond motifs is 1. The topological polar surface area (TPSA) is 47.8 Å². The molecule has 0 saturated carbocycles. The van der Waals surface area contributed by atoms with Crippen LogP contribution in [0.5, 0.6) is 0 Å². The summed E-state index contributed by atoms with van der Waals surface area (Å²) in [4.78, 5) is 21.3. The molecule has 0 aliphatic rings. The fourth-order valence-corrected chi connectivity index (χ4v) is 2.45. The first-order valence-corrected chi connectivity index (χ1v) is 6.96. The first kappa shape index (κ1) is 13.8. The van der Waals surface area contributed by atoms with Gasteiger partial charge in [0, 0.05) is 12.6 Å². The van der Waals surface area contributed by atoms with Crippen LogP contribution in [0.1, 0.15) is 11.4 Å². The maximum absolute atomic E-state index is 12.4. The van der Waals surface area contributed by atoms with Gasteiger partial charge in [-0.25, -0.2) is 9.97 Å². The highest BCUT2D eigenvalue weighted by Crippen LogP contribution is 2.26. The molecular weight excluding hydrogens is 286 g/mol. The smallest absolute Gasteiger partial charge is 0.261 e. The standard InChI is InChI=1S/C16H14ClN3O/c1-9-4-6-11(7-5-9)14-15-12(8-13(17)19-14)16(21)20(3)10(2)18-15/h4-8H,1-3H3. The van der Waals surface area contributed by atoms with Crippen LogP contribution >= 0.6 is 11.6 Å². The summed E-state index contributed by atoms with van der Waals surface area (Å²) in [5.41, 5.74) is 3.16. The van der Waals surface area contributed by atoms with Gasteiger partial charge in [0.15, 0.2) is 0 Å². The molecule has 1 aromatic carbocycles. The van der Waals surface area contributed by atoms with Crippen molar-refractivity contribution in [3.63, 3.8) is 0 Å². The largest absolute Gasteiger partial charge is 0.299 e. The number of benzene rings is 1. The van der Waals surface area contributed by atoms with E-state index in [2.05, 4.69) is 9.97 Å². The summed E-state index contributed by atoms with van der Waals surface area (Å²) >= 11 is 6.08. The minimum atomic E-state index is -0.116. The Bertz CT molecular complexity index is 898. The Balaban J connectivity index is 2.42. The SMILES string of the molecule is Cc1ccc(-c2nc(Cl)cc3c(=O)n(C)c(C)nc23)cc1. The van der Waals surface area contributed by atoms with Crippen molar-refractivity contribution in [3.8, 4) is 11.3 Å². The van der Waals surface area contributed by atoms with Crippen LogP contribution in [0.2, 0.25) is 5.15 Å². The lowest BCUT2D eigenvalue weighted by molar-refractivity contribution is 0.792. The minimum Gasteiger partial charge on any atom is -0.299 e. The van der Waals surface area contributed by atoms with Crippen LogP contribution in [-0.4, -0.2) is 14.5 Å². The molecule has 106 valence electrons. The number of aromatic nitrogens is 3. The predicted molar refractivity (Wildman–Crippen MR) is 84.7 cm³/mol. The zero-order chi connectivity index (χ0) is 15.1. The highest BCUT2D eigenvalue weighted by Gasteiger charge is 2.13. The molecule has 0 N–H and O–H groups in total. The number of halogens is 1. The van der Waals surface area contributed by atoms with E-state index in [1.165, 1.54) is 4.57 Å². The highest BCUT2D eigenvalue weighted by molar-refractivity contribution is 6.30. The van der Waals surface area contributed by atoms with E-state index in [0.29, 0.717) is 27.6 Å². The number of nitrogens with zero attached hydrogens (tertiary/aromatic N) is 3. The van der Waals surface area contributed by atoms with Crippen molar-refractivity contribution < 1.29 is 0 Å². The van der Waals surface area contributed by atoms with Gasteiger partial charge in [0.05, 0.1) is 11.1 Å². The average molecular weight is 300 g/mol. The normalized spacial score (nSPS) is 11.0. The Kier molecular flexibility index (Phi) is 3.26. The van der Waals surface area contributed by atoms with Gasteiger partial charge in [-0.1, -0.05) is 41.4 Å². The Morgan fingerprint density at radius 2 is 1.76 bits per heavy atom. The molecule has 0 spiro atoms. The quantitative estimate of drug-likeness (QED) is 0.648. The third-order valence-electron chi connectivity index (χ3n) is 3.58. The van der Waals surface area contributed by atoms with Crippen molar-refractivity contribution in [2.24, 2.45) is 7.05 Å². The van der Waals surface area contributed by atoms with Crippen LogP contribution in [0.3, 0.4) is 0 Å². The molecular formula is C16H14ClN3O. The summed E-state index contributed by atoms with van der Waals surface area (Å²) in [5, 5.41) is 0.777. The maximum atomic E-state index is 12.4. The number of rotatable bonds is 1. The van der Waals surface area contributed by atoms with Crippen LogP contribution in [0.15, 0.2) is 35.1 Å². The first-order chi connectivity index (χ1) is 9.97. The van der Waals surface area contributed by atoms with Crippen molar-refractivity contribution in [2.45, 2.75) is 13.8 Å². The Morgan fingerprint density at radius 3 is 2.43 bits per heavy atom. The van der Waals surface area contributed by atoms with Gasteiger partial charge in [-0.05, 0) is 19.9 Å². The van der Waals surface area contributed by atoms with Crippen molar-refractivity contribution >= 4 is 22.5 Å². The van der Waals surface area contributed by atoms with Crippen LogP contribution in [-0.2, 0) is 7.05 Å². The second kappa shape index (κ2) is 4.97. The van der Waals surface area contributed by atoms with Crippen molar-refractivity contribution in [3.05, 3.63) is 57.2 Å². The fourth-order valence-electron chi connectivity index (χ4n) is 2.26. The number of pyridine rings is 1. The molecule has 0 radical (unpaired) electrons. The third-order valence-corrected chi connectivity index (χ3v) is 3.77. The molecule has 5 heteroatoms. The molecule has 0 aliphatic heterocycles. The molecule has 0 amide bonds. The first-order valence-electron chi connectivity index (χ1n) is 6.58. The van der Waals surface area contributed by atoms with Crippen molar-refractivity contribution in [2.75, 3.05) is 0 Å². The summed E-state index contributed by atoms with van der Waals surface area (Å²) in [6, 6.07) is 9.49. The number of hydrogen-bond donors (Lipinski definition) is 0. The summed E-state index contributed by atoms with van der Waals surface area (Å²) in [6.45, 7) is 3.82. The van der Waals surface area contributed by atoms with E-state index >= 15 is 0 Å². The number of aryl methyl sites for hydroxylation is 2. The average Bonchev–Trinajstić information content (AvgIpc) is 2.46. The maximum Gasteiger partial charge on any atom is 0.261 e. The van der Waals surface area contributed by atoms with E-state index in [1.807, 2.05) is 31.2 Å². The molecule has 0 bridgehead atoms. The van der Waals surface area contributed by atoms with E-state index in [-0.39, 0.29) is 5.56 Å². The van der Waals surface area contributed by atoms with Crippen molar-refractivity contribution in [1.29, 1.82) is 0 Å². The van der Waals surface area contributed by atoms with E-state index in [0.717, 1.165) is 11.1 Å². The van der Waals surface area contributed by atoms with E-state index < -0.39 is 0 Å².